The Morgan fingerprint density at radius 1 is 0.880 bits per heavy atom. The van der Waals surface area contributed by atoms with Gasteiger partial charge in [0.1, 0.15) is 0 Å². The van der Waals surface area contributed by atoms with E-state index in [2.05, 4.69) is 6.92 Å². The van der Waals surface area contributed by atoms with E-state index in [-0.39, 0.29) is 19.3 Å². The fraction of sp³-hybridized carbons (Fsp3) is 0.842. The van der Waals surface area contributed by atoms with Crippen LogP contribution in [0.5, 0.6) is 0 Å². The lowest BCUT2D eigenvalue weighted by Crippen LogP contribution is -2.47. The molecule has 0 aliphatic carbocycles. The fourth-order valence-corrected chi connectivity index (χ4v) is 2.99. The van der Waals surface area contributed by atoms with Crippen LogP contribution in [-0.4, -0.2) is 28.8 Å². The molecule has 0 spiro atoms. The van der Waals surface area contributed by atoms with Crippen LogP contribution in [0.4, 0.5) is 0 Å². The molecule has 1 saturated heterocycles. The number of cyclic esters (lactones) is 2. The molecular formula is C19H32O6. The van der Waals surface area contributed by atoms with Gasteiger partial charge in [-0.15, -0.1) is 0 Å². The Morgan fingerprint density at radius 3 is 1.88 bits per heavy atom. The number of carbonyl (C=O) groups excluding carboxylic acids is 2. The molecule has 1 aliphatic heterocycles. The van der Waals surface area contributed by atoms with Crippen LogP contribution >= 0.6 is 0 Å². The molecule has 6 heteroatoms. The van der Waals surface area contributed by atoms with Crippen molar-refractivity contribution in [1.29, 1.82) is 0 Å². The van der Waals surface area contributed by atoms with Crippen LogP contribution in [0.3, 0.4) is 0 Å². The van der Waals surface area contributed by atoms with Gasteiger partial charge in [-0.2, -0.15) is 0 Å². The molecule has 1 fully saturated rings. The van der Waals surface area contributed by atoms with E-state index in [0.29, 0.717) is 19.3 Å². The quantitative estimate of drug-likeness (QED) is 0.514. The normalized spacial score (nSPS) is 19.2. The first-order valence-corrected chi connectivity index (χ1v) is 9.67. The highest BCUT2D eigenvalue weighted by Crippen LogP contribution is 2.26. The number of unbranched alkanes of at least 4 members (excludes halogenated alkanes) is 5. The Hall–Kier alpha value is -1.59. The summed E-state index contributed by atoms with van der Waals surface area (Å²) in [6, 6.07) is 0. The van der Waals surface area contributed by atoms with Crippen molar-refractivity contribution >= 4 is 17.9 Å². The first-order chi connectivity index (χ1) is 12.0. The van der Waals surface area contributed by atoms with Crippen molar-refractivity contribution in [3.05, 3.63) is 0 Å². The summed E-state index contributed by atoms with van der Waals surface area (Å²) in [5, 5.41) is 9.62. The third-order valence-corrected chi connectivity index (χ3v) is 4.50. The molecule has 0 bridgehead atoms. The van der Waals surface area contributed by atoms with Crippen molar-refractivity contribution in [2.24, 2.45) is 0 Å². The lowest BCUT2D eigenvalue weighted by molar-refractivity contribution is -0.239. The number of ether oxygens (including phenoxy) is 2. The molecule has 0 aromatic rings. The largest absolute Gasteiger partial charge is 0.475 e. The van der Waals surface area contributed by atoms with Crippen LogP contribution in [0.1, 0.15) is 96.8 Å². The Kier molecular flexibility index (Phi) is 10.2. The second kappa shape index (κ2) is 11.9. The van der Waals surface area contributed by atoms with Crippen molar-refractivity contribution in [3.63, 3.8) is 0 Å². The van der Waals surface area contributed by atoms with E-state index in [1.165, 1.54) is 0 Å². The molecule has 0 saturated carbocycles. The van der Waals surface area contributed by atoms with Crippen molar-refractivity contribution in [3.8, 4) is 0 Å². The average molecular weight is 356 g/mol. The maximum atomic E-state index is 12.0. The summed E-state index contributed by atoms with van der Waals surface area (Å²) in [6.45, 7) is 2.13. The molecule has 0 aromatic carbocycles. The minimum atomic E-state index is -2.17. The summed E-state index contributed by atoms with van der Waals surface area (Å²) >= 11 is 0. The van der Waals surface area contributed by atoms with Crippen LogP contribution in [0, 0.1) is 0 Å². The number of hydrogen-bond acceptors (Lipinski definition) is 5. The van der Waals surface area contributed by atoms with Gasteiger partial charge in [0.2, 0.25) is 0 Å². The Balaban J connectivity index is 2.73. The first kappa shape index (κ1) is 21.5. The number of aliphatic carboxylic acids is 1. The van der Waals surface area contributed by atoms with E-state index >= 15 is 0 Å². The van der Waals surface area contributed by atoms with Gasteiger partial charge in [-0.3, -0.25) is 9.59 Å². The van der Waals surface area contributed by atoms with E-state index in [0.717, 1.165) is 51.4 Å². The van der Waals surface area contributed by atoms with E-state index in [1.54, 1.807) is 0 Å². The molecule has 1 heterocycles. The van der Waals surface area contributed by atoms with E-state index < -0.39 is 23.7 Å². The van der Waals surface area contributed by atoms with E-state index in [1.807, 2.05) is 0 Å². The maximum Gasteiger partial charge on any atom is 0.390 e. The predicted octanol–water partition coefficient (Wildman–Crippen LogP) is 4.35. The van der Waals surface area contributed by atoms with Crippen LogP contribution < -0.4 is 0 Å². The second-order valence-electron chi connectivity index (χ2n) is 6.79. The maximum absolute atomic E-state index is 12.0. The minimum absolute atomic E-state index is 0.00589. The van der Waals surface area contributed by atoms with Gasteiger partial charge in [0, 0.05) is 19.3 Å². The number of carboxylic acid groups (broad SMARTS) is 1. The molecule has 25 heavy (non-hydrogen) atoms. The monoisotopic (exact) mass is 356 g/mol. The van der Waals surface area contributed by atoms with Gasteiger partial charge in [-0.1, -0.05) is 58.3 Å². The van der Waals surface area contributed by atoms with Gasteiger partial charge in [0.05, 0.1) is 0 Å². The predicted molar refractivity (Wildman–Crippen MR) is 92.9 cm³/mol. The number of rotatable bonds is 8. The number of carbonyl (C=O) groups is 3. The van der Waals surface area contributed by atoms with Gasteiger partial charge >= 0.3 is 23.7 Å². The molecule has 1 aliphatic rings. The Bertz CT molecular complexity index is 410. The number of hydrogen-bond donors (Lipinski definition) is 1. The topological polar surface area (TPSA) is 89.9 Å². The van der Waals surface area contributed by atoms with Crippen LogP contribution in [0.15, 0.2) is 0 Å². The summed E-state index contributed by atoms with van der Waals surface area (Å²) in [5.74, 6) is -4.79. The standard InChI is InChI=1S/C19H32O6/c1-2-3-4-5-9-12-15-19(18(22)23)24-16(20)13-10-7-6-8-11-14-17(21)25-19/h2-15H2,1H3,(H,22,23). The SMILES string of the molecule is CCCCCCCCC1(C(=O)O)OC(=O)CCCCCCCC(=O)O1. The number of esters is 2. The molecule has 1 rings (SSSR count). The molecule has 0 amide bonds. The first-order valence-electron chi connectivity index (χ1n) is 9.67. The summed E-state index contributed by atoms with van der Waals surface area (Å²) in [6.07, 6.45) is 10.1. The highest BCUT2D eigenvalue weighted by atomic mass is 16.7. The molecule has 1 N–H and O–H groups in total. The van der Waals surface area contributed by atoms with Gasteiger partial charge in [-0.25, -0.2) is 4.79 Å². The zero-order chi connectivity index (χ0) is 18.5. The lowest BCUT2D eigenvalue weighted by Gasteiger charge is -2.29. The summed E-state index contributed by atoms with van der Waals surface area (Å²) in [5.41, 5.74) is 0. The molecule has 144 valence electrons. The van der Waals surface area contributed by atoms with Crippen molar-refractivity contribution in [2.45, 2.75) is 103 Å². The van der Waals surface area contributed by atoms with E-state index in [4.69, 9.17) is 9.47 Å². The highest BCUT2D eigenvalue weighted by molar-refractivity contribution is 5.83. The molecule has 0 atom stereocenters. The summed E-state index contributed by atoms with van der Waals surface area (Å²) in [7, 11) is 0. The third kappa shape index (κ3) is 8.36. The van der Waals surface area contributed by atoms with Crippen LogP contribution in [0.25, 0.3) is 0 Å². The van der Waals surface area contributed by atoms with Crippen LogP contribution in [-0.2, 0) is 23.9 Å². The molecular weight excluding hydrogens is 324 g/mol. The van der Waals surface area contributed by atoms with Crippen molar-refractivity contribution in [2.75, 3.05) is 0 Å². The average Bonchev–Trinajstić information content (AvgIpc) is 2.55. The highest BCUT2D eigenvalue weighted by Gasteiger charge is 2.46. The second-order valence-corrected chi connectivity index (χ2v) is 6.79. The van der Waals surface area contributed by atoms with Gasteiger partial charge in [0.25, 0.3) is 0 Å². The van der Waals surface area contributed by atoms with Gasteiger partial charge < -0.3 is 14.6 Å². The zero-order valence-electron chi connectivity index (χ0n) is 15.4. The summed E-state index contributed by atoms with van der Waals surface area (Å²) in [4.78, 5) is 35.8. The van der Waals surface area contributed by atoms with Crippen molar-refractivity contribution < 1.29 is 29.0 Å². The van der Waals surface area contributed by atoms with Crippen LogP contribution in [0.2, 0.25) is 0 Å². The van der Waals surface area contributed by atoms with Gasteiger partial charge in [0.15, 0.2) is 0 Å². The Morgan fingerprint density at radius 2 is 1.36 bits per heavy atom. The fourth-order valence-electron chi connectivity index (χ4n) is 2.99. The third-order valence-electron chi connectivity index (χ3n) is 4.50. The molecule has 6 nitrogen and oxygen atoms in total. The molecule has 0 unspecified atom stereocenters. The lowest BCUT2D eigenvalue weighted by atomic mass is 10.0. The minimum Gasteiger partial charge on any atom is -0.475 e. The van der Waals surface area contributed by atoms with Crippen molar-refractivity contribution in [1.82, 2.24) is 0 Å². The molecule has 0 aromatic heterocycles. The Labute approximate surface area is 150 Å². The van der Waals surface area contributed by atoms with Gasteiger partial charge in [-0.05, 0) is 19.3 Å². The number of carboxylic acids is 1. The zero-order valence-corrected chi connectivity index (χ0v) is 15.4. The summed E-state index contributed by atoms with van der Waals surface area (Å²) < 4.78 is 10.4. The van der Waals surface area contributed by atoms with E-state index in [9.17, 15) is 19.5 Å². The smallest absolute Gasteiger partial charge is 0.390 e. The molecule has 0 radical (unpaired) electrons.